The lowest BCUT2D eigenvalue weighted by Crippen LogP contribution is -2.26. The summed E-state index contributed by atoms with van der Waals surface area (Å²) in [5.74, 6) is 0.265. The van der Waals surface area contributed by atoms with E-state index in [2.05, 4.69) is 21.2 Å². The molecule has 110 valence electrons. The van der Waals surface area contributed by atoms with Gasteiger partial charge in [-0.3, -0.25) is 9.59 Å². The zero-order valence-electron chi connectivity index (χ0n) is 11.3. The summed E-state index contributed by atoms with van der Waals surface area (Å²) >= 11 is 3.26. The number of nitrogen functional groups attached to an aromatic ring is 1. The number of pyridine rings is 1. The highest BCUT2D eigenvalue weighted by atomic mass is 79.9. The topological polar surface area (TPSA) is 86.3 Å². The number of benzene rings is 1. The molecule has 21 heavy (non-hydrogen) atoms. The Bertz CT molecular complexity index is 728. The second-order valence-electron chi connectivity index (χ2n) is 4.31. The van der Waals surface area contributed by atoms with Crippen molar-refractivity contribution >= 4 is 33.2 Å². The quantitative estimate of drug-likeness (QED) is 0.823. The minimum atomic E-state index is -0.341. The number of carbonyl (C=O) groups excluding carboxylic acids is 1. The highest BCUT2D eigenvalue weighted by molar-refractivity contribution is 9.10. The van der Waals surface area contributed by atoms with Gasteiger partial charge in [-0.1, -0.05) is 0 Å². The summed E-state index contributed by atoms with van der Waals surface area (Å²) in [5.41, 5.74) is 6.44. The summed E-state index contributed by atoms with van der Waals surface area (Å²) in [6.07, 6.45) is 1.55. The molecule has 3 N–H and O–H groups in total. The van der Waals surface area contributed by atoms with Crippen molar-refractivity contribution in [3.05, 3.63) is 51.4 Å². The zero-order chi connectivity index (χ0) is 15.4. The van der Waals surface area contributed by atoms with Crippen molar-refractivity contribution in [2.24, 2.45) is 0 Å². The molecule has 0 saturated carbocycles. The maximum absolute atomic E-state index is 12.0. The van der Waals surface area contributed by atoms with E-state index in [4.69, 9.17) is 10.5 Å². The number of aromatic nitrogens is 1. The number of methoxy groups -OCH3 is 1. The van der Waals surface area contributed by atoms with Gasteiger partial charge < -0.3 is 20.4 Å². The molecule has 6 nitrogen and oxygen atoms in total. The summed E-state index contributed by atoms with van der Waals surface area (Å²) in [7, 11) is 1.53. The Labute approximate surface area is 129 Å². The second kappa shape index (κ2) is 6.45. The maximum Gasteiger partial charge on any atom is 0.251 e. The van der Waals surface area contributed by atoms with Gasteiger partial charge in [0.15, 0.2) is 0 Å². The Kier molecular flexibility index (Phi) is 4.64. The van der Waals surface area contributed by atoms with Crippen molar-refractivity contribution in [2.75, 3.05) is 18.2 Å². The van der Waals surface area contributed by atoms with E-state index in [-0.39, 0.29) is 18.0 Å². The van der Waals surface area contributed by atoms with Crippen LogP contribution >= 0.6 is 15.9 Å². The van der Waals surface area contributed by atoms with Gasteiger partial charge in [0.25, 0.3) is 5.56 Å². The number of amides is 1. The van der Waals surface area contributed by atoms with Gasteiger partial charge in [-0.05, 0) is 34.1 Å². The number of hydrogen-bond acceptors (Lipinski definition) is 4. The fourth-order valence-electron chi connectivity index (χ4n) is 1.75. The first-order valence-electron chi connectivity index (χ1n) is 6.09. The smallest absolute Gasteiger partial charge is 0.251 e. The fourth-order valence-corrected chi connectivity index (χ4v) is 2.13. The van der Waals surface area contributed by atoms with E-state index >= 15 is 0 Å². The first-order chi connectivity index (χ1) is 9.99. The molecule has 0 atom stereocenters. The number of halogens is 1. The van der Waals surface area contributed by atoms with Gasteiger partial charge in [-0.2, -0.15) is 0 Å². The highest BCUT2D eigenvalue weighted by Gasteiger charge is 2.08. The van der Waals surface area contributed by atoms with Crippen LogP contribution in [-0.2, 0) is 11.3 Å². The molecule has 1 amide bonds. The lowest BCUT2D eigenvalue weighted by molar-refractivity contribution is -0.116. The molecule has 0 bridgehead atoms. The summed E-state index contributed by atoms with van der Waals surface area (Å²) in [6.45, 7) is -0.0935. The molecule has 1 heterocycles. The van der Waals surface area contributed by atoms with Crippen molar-refractivity contribution in [3.63, 3.8) is 0 Å². The molecular formula is C14H14BrN3O3. The SMILES string of the molecule is COc1ccc(NC(=O)Cn2cc(Br)ccc2=O)c(N)c1. The summed E-state index contributed by atoms with van der Waals surface area (Å²) in [6, 6.07) is 7.96. The molecule has 2 rings (SSSR count). The average Bonchev–Trinajstić information content (AvgIpc) is 2.45. The van der Waals surface area contributed by atoms with Crippen molar-refractivity contribution in [3.8, 4) is 5.75 Å². The molecule has 0 spiro atoms. The number of hydrogen-bond donors (Lipinski definition) is 2. The molecule has 0 radical (unpaired) electrons. The van der Waals surface area contributed by atoms with Crippen LogP contribution in [0.3, 0.4) is 0 Å². The number of rotatable bonds is 4. The Morgan fingerprint density at radius 3 is 2.81 bits per heavy atom. The van der Waals surface area contributed by atoms with Gasteiger partial charge in [0.1, 0.15) is 12.3 Å². The minimum Gasteiger partial charge on any atom is -0.497 e. The Morgan fingerprint density at radius 2 is 2.14 bits per heavy atom. The molecule has 0 fully saturated rings. The van der Waals surface area contributed by atoms with E-state index in [0.717, 1.165) is 4.47 Å². The molecule has 1 aromatic carbocycles. The zero-order valence-corrected chi connectivity index (χ0v) is 12.9. The summed E-state index contributed by atoms with van der Waals surface area (Å²) in [4.78, 5) is 23.6. The van der Waals surface area contributed by atoms with Crippen molar-refractivity contribution in [1.82, 2.24) is 4.57 Å². The van der Waals surface area contributed by atoms with Gasteiger partial charge >= 0.3 is 0 Å². The molecule has 0 aliphatic rings. The first kappa shape index (κ1) is 15.1. The molecule has 1 aromatic heterocycles. The number of nitrogens with two attached hydrogens (primary N) is 1. The summed E-state index contributed by atoms with van der Waals surface area (Å²) in [5, 5.41) is 2.66. The Balaban J connectivity index is 2.11. The first-order valence-corrected chi connectivity index (χ1v) is 6.88. The number of ether oxygens (including phenoxy) is 1. The monoisotopic (exact) mass is 351 g/mol. The number of nitrogens with zero attached hydrogens (tertiary/aromatic N) is 1. The van der Waals surface area contributed by atoms with Crippen molar-refractivity contribution < 1.29 is 9.53 Å². The van der Waals surface area contributed by atoms with Crippen LogP contribution in [-0.4, -0.2) is 17.6 Å². The predicted octanol–water partition coefficient (Wildman–Crippen LogP) is 1.84. The van der Waals surface area contributed by atoms with E-state index in [0.29, 0.717) is 17.1 Å². The number of carbonyl (C=O) groups is 1. The molecule has 0 aliphatic carbocycles. The lowest BCUT2D eigenvalue weighted by Gasteiger charge is -2.10. The van der Waals surface area contributed by atoms with Crippen LogP contribution in [0.15, 0.2) is 45.8 Å². The predicted molar refractivity (Wildman–Crippen MR) is 84.4 cm³/mol. The Morgan fingerprint density at radius 1 is 1.38 bits per heavy atom. The van der Waals surface area contributed by atoms with Gasteiger partial charge in [0, 0.05) is 22.8 Å². The van der Waals surface area contributed by atoms with E-state index in [1.165, 1.54) is 17.7 Å². The van der Waals surface area contributed by atoms with Crippen LogP contribution in [0.25, 0.3) is 0 Å². The molecular weight excluding hydrogens is 338 g/mol. The van der Waals surface area contributed by atoms with Crippen LogP contribution in [0.5, 0.6) is 5.75 Å². The maximum atomic E-state index is 12.0. The van der Waals surface area contributed by atoms with E-state index in [9.17, 15) is 9.59 Å². The third kappa shape index (κ3) is 3.85. The van der Waals surface area contributed by atoms with E-state index in [1.807, 2.05) is 0 Å². The molecule has 2 aromatic rings. The number of nitrogens with one attached hydrogen (secondary N) is 1. The Hall–Kier alpha value is -2.28. The lowest BCUT2D eigenvalue weighted by atomic mass is 10.2. The van der Waals surface area contributed by atoms with Crippen molar-refractivity contribution in [1.29, 1.82) is 0 Å². The molecule has 0 aliphatic heterocycles. The minimum absolute atomic E-state index is 0.0935. The van der Waals surface area contributed by atoms with E-state index in [1.54, 1.807) is 30.5 Å². The molecule has 0 unspecified atom stereocenters. The van der Waals surface area contributed by atoms with Gasteiger partial charge in [0.05, 0.1) is 18.5 Å². The molecule has 7 heteroatoms. The van der Waals surface area contributed by atoms with Gasteiger partial charge in [-0.15, -0.1) is 0 Å². The largest absolute Gasteiger partial charge is 0.497 e. The van der Waals surface area contributed by atoms with Crippen molar-refractivity contribution in [2.45, 2.75) is 6.54 Å². The summed E-state index contributed by atoms with van der Waals surface area (Å²) < 4.78 is 7.06. The second-order valence-corrected chi connectivity index (χ2v) is 5.23. The van der Waals surface area contributed by atoms with Gasteiger partial charge in [0.2, 0.25) is 5.91 Å². The molecule has 0 saturated heterocycles. The third-order valence-corrected chi connectivity index (χ3v) is 3.26. The van der Waals surface area contributed by atoms with Crippen LogP contribution in [0.2, 0.25) is 0 Å². The fraction of sp³-hybridized carbons (Fsp3) is 0.143. The standard InChI is InChI=1S/C14H14BrN3O3/c1-21-10-3-4-12(11(16)6-10)17-13(19)8-18-7-9(15)2-5-14(18)20/h2-7H,8,16H2,1H3,(H,17,19). The van der Waals surface area contributed by atoms with Crippen LogP contribution in [0.1, 0.15) is 0 Å². The normalized spacial score (nSPS) is 10.2. The van der Waals surface area contributed by atoms with Crippen LogP contribution in [0.4, 0.5) is 11.4 Å². The van der Waals surface area contributed by atoms with E-state index < -0.39 is 0 Å². The highest BCUT2D eigenvalue weighted by Crippen LogP contribution is 2.23. The third-order valence-electron chi connectivity index (χ3n) is 2.79. The van der Waals surface area contributed by atoms with Crippen LogP contribution in [0, 0.1) is 0 Å². The number of anilines is 2. The van der Waals surface area contributed by atoms with Crippen LogP contribution < -0.4 is 21.3 Å². The average molecular weight is 352 g/mol. The van der Waals surface area contributed by atoms with Gasteiger partial charge in [-0.25, -0.2) is 0 Å².